The van der Waals surface area contributed by atoms with E-state index in [0.717, 1.165) is 25.3 Å². The molecule has 118 valence electrons. The first-order chi connectivity index (χ1) is 9.90. The van der Waals surface area contributed by atoms with Gasteiger partial charge in [-0.05, 0) is 39.7 Å². The molecule has 1 N–H and O–H groups in total. The molecule has 0 amide bonds. The van der Waals surface area contributed by atoms with Crippen molar-refractivity contribution >= 4 is 0 Å². The van der Waals surface area contributed by atoms with Gasteiger partial charge in [-0.2, -0.15) is 5.10 Å². The quantitative estimate of drug-likeness (QED) is 0.909. The monoisotopic (exact) mass is 290 g/mol. The van der Waals surface area contributed by atoms with E-state index in [4.69, 9.17) is 0 Å². The van der Waals surface area contributed by atoms with Crippen molar-refractivity contribution < 1.29 is 0 Å². The molecule has 0 bridgehead atoms. The van der Waals surface area contributed by atoms with Gasteiger partial charge in [-0.1, -0.05) is 19.3 Å². The molecule has 1 spiro atoms. The summed E-state index contributed by atoms with van der Waals surface area (Å²) in [5.41, 5.74) is 3.04. The summed E-state index contributed by atoms with van der Waals surface area (Å²) in [5.74, 6) is 0. The second-order valence-corrected chi connectivity index (χ2v) is 7.78. The molecule has 1 aliphatic heterocycles. The number of aryl methyl sites for hydroxylation is 2. The standard InChI is InChI=1S/C17H30N4/c1-14-10-15(20(4)19-14)11-21-13-16(2,3)18-12-17(21)8-6-5-7-9-17/h10,18H,5-9,11-13H2,1-4H3. The molecule has 4 heteroatoms. The molecule has 1 aromatic rings. The van der Waals surface area contributed by atoms with Crippen LogP contribution in [0, 0.1) is 6.92 Å². The lowest BCUT2D eigenvalue weighted by Gasteiger charge is -2.54. The fraction of sp³-hybridized carbons (Fsp3) is 0.824. The van der Waals surface area contributed by atoms with Crippen LogP contribution in [0.1, 0.15) is 57.3 Å². The molecule has 0 radical (unpaired) electrons. The number of rotatable bonds is 2. The Morgan fingerprint density at radius 1 is 1.24 bits per heavy atom. The van der Waals surface area contributed by atoms with Crippen LogP contribution in [0.5, 0.6) is 0 Å². The number of hydrogen-bond donors (Lipinski definition) is 1. The summed E-state index contributed by atoms with van der Waals surface area (Å²) < 4.78 is 2.06. The van der Waals surface area contributed by atoms with E-state index < -0.39 is 0 Å². The van der Waals surface area contributed by atoms with Gasteiger partial charge in [0, 0.05) is 37.8 Å². The van der Waals surface area contributed by atoms with Gasteiger partial charge in [0.25, 0.3) is 0 Å². The third-order valence-electron chi connectivity index (χ3n) is 5.39. The first-order valence-electron chi connectivity index (χ1n) is 8.40. The normalized spacial score (nSPS) is 25.3. The summed E-state index contributed by atoms with van der Waals surface area (Å²) >= 11 is 0. The number of aromatic nitrogens is 2. The summed E-state index contributed by atoms with van der Waals surface area (Å²) in [4.78, 5) is 2.75. The van der Waals surface area contributed by atoms with Crippen molar-refractivity contribution in [1.29, 1.82) is 0 Å². The van der Waals surface area contributed by atoms with E-state index in [2.05, 4.69) is 53.9 Å². The lowest BCUT2D eigenvalue weighted by molar-refractivity contribution is -0.0175. The molecular formula is C17H30N4. The van der Waals surface area contributed by atoms with Gasteiger partial charge in [0.1, 0.15) is 0 Å². The van der Waals surface area contributed by atoms with E-state index in [0.29, 0.717) is 5.54 Å². The molecule has 1 aliphatic carbocycles. The Labute approximate surface area is 128 Å². The maximum Gasteiger partial charge on any atom is 0.0597 e. The van der Waals surface area contributed by atoms with Gasteiger partial charge in [-0.3, -0.25) is 9.58 Å². The van der Waals surface area contributed by atoms with E-state index >= 15 is 0 Å². The Morgan fingerprint density at radius 3 is 2.57 bits per heavy atom. The minimum Gasteiger partial charge on any atom is -0.309 e. The predicted molar refractivity (Wildman–Crippen MR) is 86.3 cm³/mol. The van der Waals surface area contributed by atoms with Crippen molar-refractivity contribution in [2.75, 3.05) is 13.1 Å². The summed E-state index contributed by atoms with van der Waals surface area (Å²) in [7, 11) is 2.07. The Kier molecular flexibility index (Phi) is 3.87. The van der Waals surface area contributed by atoms with Crippen LogP contribution in [0.15, 0.2) is 6.07 Å². The molecule has 1 aromatic heterocycles. The second kappa shape index (κ2) is 5.40. The highest BCUT2D eigenvalue weighted by atomic mass is 15.3. The van der Waals surface area contributed by atoms with Gasteiger partial charge >= 0.3 is 0 Å². The molecule has 0 atom stereocenters. The van der Waals surface area contributed by atoms with E-state index in [1.807, 2.05) is 0 Å². The van der Waals surface area contributed by atoms with Gasteiger partial charge in [-0.15, -0.1) is 0 Å². The van der Waals surface area contributed by atoms with Crippen LogP contribution < -0.4 is 5.32 Å². The molecule has 1 saturated heterocycles. The maximum atomic E-state index is 4.52. The molecule has 2 aliphatic rings. The highest BCUT2D eigenvalue weighted by Gasteiger charge is 2.44. The summed E-state index contributed by atoms with van der Waals surface area (Å²) in [6, 6.07) is 2.24. The van der Waals surface area contributed by atoms with Crippen molar-refractivity contribution in [3.8, 4) is 0 Å². The van der Waals surface area contributed by atoms with E-state index in [1.165, 1.54) is 37.8 Å². The van der Waals surface area contributed by atoms with Crippen molar-refractivity contribution in [2.45, 2.75) is 70.5 Å². The summed E-state index contributed by atoms with van der Waals surface area (Å²) in [6.07, 6.45) is 6.84. The highest BCUT2D eigenvalue weighted by Crippen LogP contribution is 2.37. The average molecular weight is 290 g/mol. The van der Waals surface area contributed by atoms with Crippen LogP contribution in [-0.2, 0) is 13.6 Å². The van der Waals surface area contributed by atoms with Crippen LogP contribution in [0.25, 0.3) is 0 Å². The third kappa shape index (κ3) is 3.02. The van der Waals surface area contributed by atoms with Crippen LogP contribution in [0.3, 0.4) is 0 Å². The van der Waals surface area contributed by atoms with Crippen molar-refractivity contribution in [3.05, 3.63) is 17.5 Å². The smallest absolute Gasteiger partial charge is 0.0597 e. The van der Waals surface area contributed by atoms with Crippen LogP contribution in [-0.4, -0.2) is 38.8 Å². The van der Waals surface area contributed by atoms with Gasteiger partial charge in [0.2, 0.25) is 0 Å². The zero-order valence-electron chi connectivity index (χ0n) is 14.1. The first-order valence-corrected chi connectivity index (χ1v) is 8.40. The largest absolute Gasteiger partial charge is 0.309 e. The fourth-order valence-electron chi connectivity index (χ4n) is 4.15. The predicted octanol–water partition coefficient (Wildman–Crippen LogP) is 2.62. The van der Waals surface area contributed by atoms with Crippen molar-refractivity contribution in [1.82, 2.24) is 20.0 Å². The maximum absolute atomic E-state index is 4.52. The van der Waals surface area contributed by atoms with Gasteiger partial charge in [-0.25, -0.2) is 0 Å². The van der Waals surface area contributed by atoms with Crippen LogP contribution >= 0.6 is 0 Å². The Balaban J connectivity index is 1.84. The molecule has 2 heterocycles. The fourth-order valence-corrected chi connectivity index (χ4v) is 4.15. The Bertz CT molecular complexity index is 497. The molecule has 0 aromatic carbocycles. The second-order valence-electron chi connectivity index (χ2n) is 7.78. The topological polar surface area (TPSA) is 33.1 Å². The number of hydrogen-bond acceptors (Lipinski definition) is 3. The minimum absolute atomic E-state index is 0.205. The van der Waals surface area contributed by atoms with Gasteiger partial charge in [0.15, 0.2) is 0 Å². The Hall–Kier alpha value is -0.870. The zero-order chi connectivity index (χ0) is 15.1. The highest BCUT2D eigenvalue weighted by molar-refractivity contribution is 5.11. The lowest BCUT2D eigenvalue weighted by Crippen LogP contribution is -2.68. The molecule has 2 fully saturated rings. The van der Waals surface area contributed by atoms with Crippen LogP contribution in [0.2, 0.25) is 0 Å². The van der Waals surface area contributed by atoms with Gasteiger partial charge in [0.05, 0.1) is 11.4 Å². The number of nitrogens with zero attached hydrogens (tertiary/aromatic N) is 3. The molecule has 1 saturated carbocycles. The van der Waals surface area contributed by atoms with Gasteiger partial charge < -0.3 is 5.32 Å². The lowest BCUT2D eigenvalue weighted by atomic mass is 9.77. The van der Waals surface area contributed by atoms with E-state index in [1.54, 1.807) is 0 Å². The molecule has 4 nitrogen and oxygen atoms in total. The summed E-state index contributed by atoms with van der Waals surface area (Å²) in [5, 5.41) is 8.31. The Morgan fingerprint density at radius 2 is 1.95 bits per heavy atom. The van der Waals surface area contributed by atoms with E-state index in [9.17, 15) is 0 Å². The van der Waals surface area contributed by atoms with Crippen molar-refractivity contribution in [3.63, 3.8) is 0 Å². The average Bonchev–Trinajstić information content (AvgIpc) is 2.74. The minimum atomic E-state index is 0.205. The van der Waals surface area contributed by atoms with Crippen LogP contribution in [0.4, 0.5) is 0 Å². The molecule has 21 heavy (non-hydrogen) atoms. The molecule has 0 unspecified atom stereocenters. The van der Waals surface area contributed by atoms with Crippen molar-refractivity contribution in [2.24, 2.45) is 7.05 Å². The number of nitrogens with one attached hydrogen (secondary N) is 1. The third-order valence-corrected chi connectivity index (χ3v) is 5.39. The SMILES string of the molecule is Cc1cc(CN2CC(C)(C)NCC23CCCCC3)n(C)n1. The summed E-state index contributed by atoms with van der Waals surface area (Å²) in [6.45, 7) is 10.0. The van der Waals surface area contributed by atoms with E-state index in [-0.39, 0.29) is 5.54 Å². The molecular weight excluding hydrogens is 260 g/mol. The molecule has 3 rings (SSSR count). The zero-order valence-corrected chi connectivity index (χ0v) is 14.1. The number of piperazine rings is 1. The first kappa shape index (κ1) is 15.0.